The van der Waals surface area contributed by atoms with Crippen molar-refractivity contribution in [1.82, 2.24) is 10.3 Å². The fraction of sp³-hybridized carbons (Fsp3) is 0.484. The molecule has 6 aromatic rings. The number of carbonyl (C=O) groups is 1. The molecule has 0 saturated heterocycles. The van der Waals surface area contributed by atoms with E-state index in [1.807, 2.05) is 55.8 Å². The summed E-state index contributed by atoms with van der Waals surface area (Å²) in [6.07, 6.45) is 13.0. The molecule has 5 aromatic carbocycles. The predicted octanol–water partition coefficient (Wildman–Crippen LogP) is 11.1. The molecule has 0 bridgehead atoms. The number of phenols is 2. The average Bonchev–Trinajstić information content (AvgIpc) is 4.12. The van der Waals surface area contributed by atoms with Crippen molar-refractivity contribution in [3.8, 4) is 28.7 Å². The summed E-state index contributed by atoms with van der Waals surface area (Å²) in [5, 5.41) is 77.3. The Hall–Kier alpha value is -5.19. The summed E-state index contributed by atoms with van der Waals surface area (Å²) in [5.74, 6) is -0.879. The van der Waals surface area contributed by atoms with E-state index in [2.05, 4.69) is 41.5 Å². The molecule has 78 heavy (non-hydrogen) atoms. The second kappa shape index (κ2) is 24.7. The number of H-pyrrole nitrogens is 1. The number of aliphatic hydroxyl groups excluding tert-OH is 4. The van der Waals surface area contributed by atoms with Crippen molar-refractivity contribution < 1.29 is 49.6 Å². The Morgan fingerprint density at radius 1 is 0.846 bits per heavy atom. The van der Waals surface area contributed by atoms with Crippen LogP contribution in [0.15, 0.2) is 97.3 Å². The van der Waals surface area contributed by atoms with Gasteiger partial charge in [0.05, 0.1) is 42.7 Å². The van der Waals surface area contributed by atoms with Gasteiger partial charge in [0.2, 0.25) is 0 Å². The van der Waals surface area contributed by atoms with Crippen molar-refractivity contribution in [3.63, 3.8) is 0 Å². The normalized spacial score (nSPS) is 25.1. The maximum atomic E-state index is 17.0. The highest BCUT2D eigenvalue weighted by Gasteiger charge is 2.58. The summed E-state index contributed by atoms with van der Waals surface area (Å²) < 4.78 is 18.5. The van der Waals surface area contributed by atoms with Gasteiger partial charge >= 0.3 is 0 Å². The molecule has 7 atom stereocenters. The Labute approximate surface area is 467 Å². The summed E-state index contributed by atoms with van der Waals surface area (Å²) in [7, 11) is 6.62. The van der Waals surface area contributed by atoms with Crippen LogP contribution in [0.1, 0.15) is 133 Å². The number of aromatic hydroxyl groups is 2. The maximum Gasteiger partial charge on any atom is 0.186 e. The maximum absolute atomic E-state index is 17.0. The molecule has 14 heteroatoms. The standard InChI is InChI=1S/C64H78N2O10S2/c1-4-41-17-18-42-12-11-15-50-56(36-67)78-77-37-45-29-57(71)64(47-30-46(31-48(69)32-47)63(65-2)23-9-6-10-24-63,34-39-16-21-54(75-38-68)55(27-39)76-49-13-7-5-8-14-49)62(73)59(45)60(72)44(26-40-22-25-66-35-40)28-43-19-20-53(70)61(74-3)52(43)33-51(41)58(42)50/h11-12,15-22,25,27,30-32,35,44-45,49,56-57,59-60,65-72H,4-10,13-14,23-24,26,28-29,33-34,36-38H2,1-3H3/t44-,45+,56+,57-,59-,60+,64-/m1/s1. The van der Waals surface area contributed by atoms with Gasteiger partial charge in [-0.15, -0.1) is 0 Å². The van der Waals surface area contributed by atoms with E-state index in [0.29, 0.717) is 53.4 Å². The Morgan fingerprint density at radius 3 is 2.37 bits per heavy atom. The molecule has 2 heterocycles. The summed E-state index contributed by atoms with van der Waals surface area (Å²) in [5.41, 5.74) is 5.65. The molecule has 3 fully saturated rings. The highest BCUT2D eigenvalue weighted by molar-refractivity contribution is 8.76. The van der Waals surface area contributed by atoms with Gasteiger partial charge in [0.15, 0.2) is 35.6 Å². The van der Waals surface area contributed by atoms with Crippen LogP contribution in [0.5, 0.6) is 28.7 Å². The monoisotopic (exact) mass is 1100 g/mol. The van der Waals surface area contributed by atoms with E-state index in [1.54, 1.807) is 53.0 Å². The zero-order chi connectivity index (χ0) is 54.6. The van der Waals surface area contributed by atoms with Gasteiger partial charge in [0, 0.05) is 41.6 Å². The number of nitrogens with one attached hydrogen (secondary N) is 2. The minimum absolute atomic E-state index is 0.00101. The smallest absolute Gasteiger partial charge is 0.186 e. The first-order valence-corrected chi connectivity index (χ1v) is 30.7. The van der Waals surface area contributed by atoms with E-state index in [-0.39, 0.29) is 48.1 Å². The molecule has 1 aliphatic heterocycles. The number of carbonyl (C=O) groups excluding carboxylic acids is 1. The molecule has 10 rings (SSSR count). The molecule has 1 aromatic heterocycles. The van der Waals surface area contributed by atoms with Crippen molar-refractivity contribution in [2.45, 2.75) is 144 Å². The Balaban J connectivity index is 1.16. The summed E-state index contributed by atoms with van der Waals surface area (Å²) in [6, 6.07) is 27.0. The minimum Gasteiger partial charge on any atom is -0.508 e. The van der Waals surface area contributed by atoms with Crippen LogP contribution in [-0.4, -0.2) is 93.0 Å². The van der Waals surface area contributed by atoms with Crippen LogP contribution in [0.3, 0.4) is 0 Å². The first-order chi connectivity index (χ1) is 37.9. The molecule has 3 aliphatic carbocycles. The lowest BCUT2D eigenvalue weighted by molar-refractivity contribution is -0.149. The number of hydrogen-bond donors (Lipinski definition) is 8. The molecule has 8 N–H and O–H groups in total. The molecule has 4 aliphatic rings. The van der Waals surface area contributed by atoms with Gasteiger partial charge in [0.25, 0.3) is 0 Å². The number of aliphatic hydroxyl groups is 4. The second-order valence-electron chi connectivity index (χ2n) is 22.5. The average molecular weight is 1100 g/mol. The number of fused-ring (bicyclic) bond motifs is 2. The highest BCUT2D eigenvalue weighted by atomic mass is 33.1. The first kappa shape index (κ1) is 56.1. The minimum atomic E-state index is -1.69. The molecule has 0 amide bonds. The summed E-state index contributed by atoms with van der Waals surface area (Å²) in [6.45, 7) is 1.43. The van der Waals surface area contributed by atoms with Gasteiger partial charge in [-0.05, 0) is 181 Å². The second-order valence-corrected chi connectivity index (χ2v) is 25.1. The van der Waals surface area contributed by atoms with E-state index in [4.69, 9.17) is 14.2 Å². The predicted molar refractivity (Wildman–Crippen MR) is 310 cm³/mol. The first-order valence-electron chi connectivity index (χ1n) is 28.3. The van der Waals surface area contributed by atoms with Gasteiger partial charge in [0.1, 0.15) is 5.75 Å². The molecular weight excluding hydrogens is 1020 g/mol. The number of aromatic amines is 1. The number of aryl methyl sites for hydroxylation is 1. The van der Waals surface area contributed by atoms with Gasteiger partial charge in [-0.25, -0.2) is 0 Å². The molecule has 12 nitrogen and oxygen atoms in total. The SMILES string of the molecule is CCc1ccc2cccc3c2c1Cc1c(ccc(O)c1OC)C[C@@H](Cc1cc[nH]c1)[C@H](O)[C@@H]1C(=O)[C@](Cc2ccc(OCO)c(OC4CCCCC4)c2)(c2cc(O)cc(C4(NC)CCCCC4)c2)[C@H](O)C[C@H]1CSS[C@H]3CO. The van der Waals surface area contributed by atoms with Gasteiger partial charge in [-0.2, -0.15) is 0 Å². The molecule has 0 spiro atoms. The van der Waals surface area contributed by atoms with Crippen molar-refractivity contribution in [1.29, 1.82) is 0 Å². The molecule has 3 saturated carbocycles. The number of benzene rings is 5. The van der Waals surface area contributed by atoms with Crippen LogP contribution < -0.4 is 19.5 Å². The number of aromatic nitrogens is 1. The van der Waals surface area contributed by atoms with E-state index < -0.39 is 47.7 Å². The van der Waals surface area contributed by atoms with Crippen molar-refractivity contribution in [2.75, 3.05) is 33.3 Å². The van der Waals surface area contributed by atoms with Crippen LogP contribution in [0.2, 0.25) is 0 Å². The third-order valence-corrected chi connectivity index (χ3v) is 21.0. The Bertz CT molecular complexity index is 3030. The number of phenolic OH excluding ortho intramolecular Hbond substituents is 2. The number of Topliss-reactive ketones (excluding diaryl/α,β-unsaturated/α-hetero) is 1. The zero-order valence-electron chi connectivity index (χ0n) is 45.3. The van der Waals surface area contributed by atoms with E-state index >= 15 is 4.79 Å². The number of methoxy groups -OCH3 is 1. The lowest BCUT2D eigenvalue weighted by Gasteiger charge is -2.50. The zero-order valence-corrected chi connectivity index (χ0v) is 47.0. The number of hydrogen-bond acceptors (Lipinski definition) is 13. The lowest BCUT2D eigenvalue weighted by Crippen LogP contribution is -2.61. The summed E-state index contributed by atoms with van der Waals surface area (Å²) >= 11 is 0. The van der Waals surface area contributed by atoms with E-state index in [1.165, 1.54) is 0 Å². The quantitative estimate of drug-likeness (QED) is 0.0380. The number of ether oxygens (including phenoxy) is 3. The molecule has 416 valence electrons. The van der Waals surface area contributed by atoms with Crippen LogP contribution in [-0.2, 0) is 47.9 Å². The highest BCUT2D eigenvalue weighted by Crippen LogP contribution is 2.53. The number of rotatable bonds is 14. The van der Waals surface area contributed by atoms with Crippen LogP contribution >= 0.6 is 21.6 Å². The van der Waals surface area contributed by atoms with Gasteiger partial charge in [-0.3, -0.25) is 4.79 Å². The molecule has 0 unspecified atom stereocenters. The van der Waals surface area contributed by atoms with E-state index in [0.717, 1.165) is 120 Å². The van der Waals surface area contributed by atoms with Crippen molar-refractivity contribution >= 4 is 38.1 Å². The van der Waals surface area contributed by atoms with Crippen LogP contribution in [0, 0.1) is 17.8 Å². The largest absolute Gasteiger partial charge is 0.508 e. The fourth-order valence-electron chi connectivity index (χ4n) is 14.0. The Kier molecular flexibility index (Phi) is 17.7. The number of ketones is 1. The van der Waals surface area contributed by atoms with Crippen LogP contribution in [0.25, 0.3) is 10.8 Å². The van der Waals surface area contributed by atoms with Crippen molar-refractivity contribution in [3.05, 3.63) is 147 Å². The van der Waals surface area contributed by atoms with Crippen molar-refractivity contribution in [2.24, 2.45) is 17.8 Å². The third kappa shape index (κ3) is 11.2. The van der Waals surface area contributed by atoms with Gasteiger partial charge in [-0.1, -0.05) is 103 Å². The molecular formula is C64H78N2O10S2. The summed E-state index contributed by atoms with van der Waals surface area (Å²) in [4.78, 5) is 20.2. The van der Waals surface area contributed by atoms with Gasteiger partial charge < -0.3 is 55.2 Å². The van der Waals surface area contributed by atoms with E-state index in [9.17, 15) is 30.6 Å². The lowest BCUT2D eigenvalue weighted by atomic mass is 9.55. The topological polar surface area (TPSA) is 194 Å². The Morgan fingerprint density at radius 2 is 1.64 bits per heavy atom. The van der Waals surface area contributed by atoms with Crippen LogP contribution in [0.4, 0.5) is 0 Å². The third-order valence-electron chi connectivity index (χ3n) is 18.1. The molecule has 0 radical (unpaired) electrons. The fourth-order valence-corrected chi connectivity index (χ4v) is 16.9.